The zero-order chi connectivity index (χ0) is 18.8. The summed E-state index contributed by atoms with van der Waals surface area (Å²) in [6, 6.07) is 0. The highest BCUT2D eigenvalue weighted by Gasteiger charge is 2.63. The number of hydrogen-bond acceptors (Lipinski definition) is 6. The van der Waals surface area contributed by atoms with E-state index in [0.717, 1.165) is 56.0 Å². The van der Waals surface area contributed by atoms with Crippen LogP contribution in [0.2, 0.25) is 0 Å². The van der Waals surface area contributed by atoms with Gasteiger partial charge in [-0.2, -0.15) is 0 Å². The fourth-order valence-corrected chi connectivity index (χ4v) is 5.63. The number of anilines is 1. The average molecular weight is 372 g/mol. The van der Waals surface area contributed by atoms with Crippen LogP contribution < -0.4 is 10.2 Å². The van der Waals surface area contributed by atoms with Gasteiger partial charge in [0.25, 0.3) is 5.91 Å². The topological polar surface area (TPSA) is 87.6 Å². The molecule has 1 aromatic heterocycles. The Morgan fingerprint density at radius 3 is 3.04 bits per heavy atom. The van der Waals surface area contributed by atoms with Crippen LogP contribution in [0, 0.1) is 17.8 Å². The van der Waals surface area contributed by atoms with Crippen molar-refractivity contribution in [2.24, 2.45) is 17.8 Å². The molecule has 4 atom stereocenters. The van der Waals surface area contributed by atoms with Gasteiger partial charge in [0, 0.05) is 50.1 Å². The number of rotatable bonds is 4. The van der Waals surface area contributed by atoms with Crippen molar-refractivity contribution >= 4 is 11.7 Å². The van der Waals surface area contributed by atoms with E-state index in [9.17, 15) is 9.90 Å². The highest BCUT2D eigenvalue weighted by molar-refractivity contribution is 5.96. The van der Waals surface area contributed by atoms with Crippen LogP contribution in [0.5, 0.6) is 0 Å². The molecule has 1 amide bonds. The van der Waals surface area contributed by atoms with Crippen molar-refractivity contribution in [1.82, 2.24) is 15.3 Å². The first-order valence-electron chi connectivity index (χ1n) is 10.2. The van der Waals surface area contributed by atoms with Crippen LogP contribution in [-0.2, 0) is 17.6 Å². The lowest BCUT2D eigenvalue weighted by Crippen LogP contribution is -2.38. The van der Waals surface area contributed by atoms with Gasteiger partial charge in [0.2, 0.25) is 0 Å². The number of nitrogens with zero attached hydrogens (tertiary/aromatic N) is 3. The van der Waals surface area contributed by atoms with Gasteiger partial charge in [0.1, 0.15) is 17.3 Å². The second-order valence-corrected chi connectivity index (χ2v) is 8.99. The number of ether oxygens (including phenoxy) is 1. The molecule has 3 saturated heterocycles. The molecular formula is C20H28N4O3. The largest absolute Gasteiger partial charge is 0.396 e. The molecule has 1 aromatic rings. The molecule has 0 radical (unpaired) electrons. The molecule has 7 nitrogen and oxygen atoms in total. The van der Waals surface area contributed by atoms with Gasteiger partial charge in [-0.1, -0.05) is 13.8 Å². The van der Waals surface area contributed by atoms with Gasteiger partial charge in [-0.05, 0) is 25.2 Å². The minimum Gasteiger partial charge on any atom is -0.396 e. The predicted molar refractivity (Wildman–Crippen MR) is 99.7 cm³/mol. The van der Waals surface area contributed by atoms with E-state index >= 15 is 0 Å². The summed E-state index contributed by atoms with van der Waals surface area (Å²) in [7, 11) is 0. The molecule has 2 N–H and O–H groups in total. The summed E-state index contributed by atoms with van der Waals surface area (Å²) >= 11 is 0. The summed E-state index contributed by atoms with van der Waals surface area (Å²) in [5.41, 5.74) is 1.36. The number of fused-ring (bicyclic) bond motifs is 2. The van der Waals surface area contributed by atoms with Gasteiger partial charge in [-0.15, -0.1) is 0 Å². The van der Waals surface area contributed by atoms with Gasteiger partial charge < -0.3 is 20.1 Å². The molecular weight excluding hydrogens is 344 g/mol. The zero-order valence-corrected chi connectivity index (χ0v) is 16.1. The molecule has 1 spiro atoms. The maximum absolute atomic E-state index is 12.4. The van der Waals surface area contributed by atoms with Crippen molar-refractivity contribution in [3.63, 3.8) is 0 Å². The van der Waals surface area contributed by atoms with Crippen molar-refractivity contribution in [2.75, 3.05) is 31.1 Å². The third-order valence-corrected chi connectivity index (χ3v) is 6.79. The maximum Gasteiger partial charge on any atom is 0.270 e. The Bertz CT molecular complexity index is 783. The van der Waals surface area contributed by atoms with E-state index < -0.39 is 0 Å². The number of hydrogen-bond donors (Lipinski definition) is 2. The van der Waals surface area contributed by atoms with Gasteiger partial charge in [0.05, 0.1) is 11.7 Å². The van der Waals surface area contributed by atoms with Gasteiger partial charge in [-0.25, -0.2) is 9.97 Å². The molecule has 2 bridgehead atoms. The molecule has 27 heavy (non-hydrogen) atoms. The molecule has 0 aromatic carbocycles. The lowest BCUT2D eigenvalue weighted by atomic mass is 9.74. The minimum atomic E-state index is -0.148. The molecule has 4 aliphatic heterocycles. The van der Waals surface area contributed by atoms with E-state index in [2.05, 4.69) is 29.0 Å². The lowest BCUT2D eigenvalue weighted by Gasteiger charge is -2.27. The summed E-state index contributed by atoms with van der Waals surface area (Å²) in [6.45, 7) is 6.74. The molecule has 5 heterocycles. The third-order valence-electron chi connectivity index (χ3n) is 6.79. The van der Waals surface area contributed by atoms with Gasteiger partial charge in [0.15, 0.2) is 0 Å². The molecule has 4 aliphatic rings. The predicted octanol–water partition coefficient (Wildman–Crippen LogP) is 0.937. The molecule has 3 fully saturated rings. The first-order chi connectivity index (χ1) is 13.0. The first kappa shape index (κ1) is 17.4. The Morgan fingerprint density at radius 2 is 2.26 bits per heavy atom. The van der Waals surface area contributed by atoms with Gasteiger partial charge >= 0.3 is 0 Å². The van der Waals surface area contributed by atoms with Crippen molar-refractivity contribution in [2.45, 2.75) is 51.2 Å². The second kappa shape index (κ2) is 6.14. The van der Waals surface area contributed by atoms with E-state index in [-0.39, 0.29) is 30.1 Å². The monoisotopic (exact) mass is 372 g/mol. The van der Waals surface area contributed by atoms with Crippen molar-refractivity contribution < 1.29 is 14.6 Å². The maximum atomic E-state index is 12.4. The Hall–Kier alpha value is -1.73. The van der Waals surface area contributed by atoms with E-state index in [4.69, 9.17) is 9.72 Å². The van der Waals surface area contributed by atoms with E-state index in [1.807, 2.05) is 0 Å². The summed E-state index contributed by atoms with van der Waals surface area (Å²) < 4.78 is 6.37. The number of carbonyl (C=O) groups excluding carboxylic acids is 1. The Kier molecular flexibility index (Phi) is 3.95. The number of aliphatic hydroxyl groups is 1. The van der Waals surface area contributed by atoms with Crippen LogP contribution in [0.3, 0.4) is 0 Å². The van der Waals surface area contributed by atoms with Crippen LogP contribution in [0.25, 0.3) is 0 Å². The Morgan fingerprint density at radius 1 is 1.41 bits per heavy atom. The minimum absolute atomic E-state index is 0.0899. The van der Waals surface area contributed by atoms with Crippen LogP contribution in [-0.4, -0.2) is 58.9 Å². The van der Waals surface area contributed by atoms with Crippen LogP contribution in [0.15, 0.2) is 0 Å². The van der Waals surface area contributed by atoms with E-state index in [1.54, 1.807) is 0 Å². The summed E-state index contributed by atoms with van der Waals surface area (Å²) in [5, 5.41) is 12.8. The number of aromatic nitrogens is 2. The zero-order valence-electron chi connectivity index (χ0n) is 16.1. The quantitative estimate of drug-likeness (QED) is 0.818. The summed E-state index contributed by atoms with van der Waals surface area (Å²) in [6.07, 6.45) is 3.83. The lowest BCUT2D eigenvalue weighted by molar-refractivity contribution is 0.0128. The van der Waals surface area contributed by atoms with Crippen molar-refractivity contribution in [1.29, 1.82) is 0 Å². The summed E-state index contributed by atoms with van der Waals surface area (Å²) in [4.78, 5) is 24.2. The number of amides is 1. The van der Waals surface area contributed by atoms with Crippen LogP contribution in [0.1, 0.15) is 48.6 Å². The highest BCUT2D eigenvalue weighted by Crippen LogP contribution is 2.55. The molecule has 7 heteroatoms. The molecule has 5 rings (SSSR count). The SMILES string of the molecule is CC(C)Cc1nc2c(c(N3C[C@H]4[C@@H](CO)[C@@H]5CC[C@@]4(C3)O5)n1)CCNC2=O. The van der Waals surface area contributed by atoms with Gasteiger partial charge in [-0.3, -0.25) is 4.79 Å². The highest BCUT2D eigenvalue weighted by atomic mass is 16.5. The van der Waals surface area contributed by atoms with E-state index in [1.165, 1.54) is 0 Å². The van der Waals surface area contributed by atoms with Crippen LogP contribution in [0.4, 0.5) is 5.82 Å². The Labute approximate surface area is 159 Å². The molecule has 0 saturated carbocycles. The number of nitrogens with one attached hydrogen (secondary N) is 1. The fourth-order valence-electron chi connectivity index (χ4n) is 5.63. The smallest absolute Gasteiger partial charge is 0.270 e. The first-order valence-corrected chi connectivity index (χ1v) is 10.2. The fraction of sp³-hybridized carbons (Fsp3) is 0.750. The number of aliphatic hydroxyl groups excluding tert-OH is 1. The van der Waals surface area contributed by atoms with Crippen molar-refractivity contribution in [3.8, 4) is 0 Å². The van der Waals surface area contributed by atoms with Crippen molar-refractivity contribution in [3.05, 3.63) is 17.1 Å². The number of carbonyl (C=O) groups is 1. The standard InChI is InChI=1S/C20H28N4O3/c1-11(2)7-16-22-17-12(4-6-21-19(17)26)18(23-16)24-8-14-13(9-25)15-3-5-20(14,10-24)27-15/h11,13-15,25H,3-10H2,1-2H3,(H,21,26)/t13-,14+,15+,20+/m1/s1. The molecule has 0 aliphatic carbocycles. The van der Waals surface area contributed by atoms with E-state index in [0.29, 0.717) is 24.1 Å². The molecule has 0 unspecified atom stereocenters. The summed E-state index contributed by atoms with van der Waals surface area (Å²) in [5.74, 6) is 2.56. The average Bonchev–Trinajstić information content (AvgIpc) is 3.29. The normalized spacial score (nSPS) is 34.1. The Balaban J connectivity index is 1.53. The molecule has 146 valence electrons. The third kappa shape index (κ3) is 2.58. The second-order valence-electron chi connectivity index (χ2n) is 8.99. The van der Waals surface area contributed by atoms with Crippen LogP contribution >= 0.6 is 0 Å².